The summed E-state index contributed by atoms with van der Waals surface area (Å²) in [7, 11) is 0. The Morgan fingerprint density at radius 3 is 3.05 bits per heavy atom. The van der Waals surface area contributed by atoms with Crippen molar-refractivity contribution in [3.05, 3.63) is 35.4 Å². The Morgan fingerprint density at radius 2 is 2.21 bits per heavy atom. The van der Waals surface area contributed by atoms with Gasteiger partial charge in [-0.3, -0.25) is 4.79 Å². The predicted octanol–water partition coefficient (Wildman–Crippen LogP) is 1.40. The molecular formula is C15H17NO3. The summed E-state index contributed by atoms with van der Waals surface area (Å²) in [5, 5.41) is 2.81. The molecule has 1 amide bonds. The molecular weight excluding hydrogens is 242 g/mol. The molecule has 1 aromatic carbocycles. The van der Waals surface area contributed by atoms with E-state index in [0.717, 1.165) is 41.0 Å². The van der Waals surface area contributed by atoms with E-state index < -0.39 is 0 Å². The first kappa shape index (κ1) is 12.1. The lowest BCUT2D eigenvalue weighted by Crippen LogP contribution is -2.25. The molecule has 4 heteroatoms. The Morgan fingerprint density at radius 1 is 1.37 bits per heavy atom. The van der Waals surface area contributed by atoms with E-state index in [1.54, 1.807) is 6.08 Å². The predicted molar refractivity (Wildman–Crippen MR) is 71.8 cm³/mol. The van der Waals surface area contributed by atoms with Crippen LogP contribution < -0.4 is 14.8 Å². The molecule has 1 N–H and O–H groups in total. The van der Waals surface area contributed by atoms with Crippen LogP contribution in [-0.2, 0) is 24.1 Å². The lowest BCUT2D eigenvalue weighted by atomic mass is 9.97. The molecule has 3 rings (SSSR count). The number of carbonyl (C=O) groups is 1. The van der Waals surface area contributed by atoms with Crippen LogP contribution in [0, 0.1) is 0 Å². The molecule has 2 aliphatic heterocycles. The minimum Gasteiger partial charge on any atom is -0.493 e. The topological polar surface area (TPSA) is 47.6 Å². The maximum Gasteiger partial charge on any atom is 0.224 e. The third kappa shape index (κ3) is 2.18. The average molecular weight is 259 g/mol. The van der Waals surface area contributed by atoms with Gasteiger partial charge in [0.25, 0.3) is 0 Å². The van der Waals surface area contributed by atoms with Crippen molar-refractivity contribution >= 4 is 5.91 Å². The van der Waals surface area contributed by atoms with Gasteiger partial charge in [0.15, 0.2) is 0 Å². The Kier molecular flexibility index (Phi) is 3.15. The fourth-order valence-corrected chi connectivity index (χ4v) is 2.68. The minimum atomic E-state index is -0.00194. The molecule has 1 aromatic rings. The van der Waals surface area contributed by atoms with Crippen LogP contribution in [0.4, 0.5) is 0 Å². The second-order valence-corrected chi connectivity index (χ2v) is 4.79. The lowest BCUT2D eigenvalue weighted by molar-refractivity contribution is -0.120. The Bertz CT molecular complexity index is 504. The normalized spacial score (nSPS) is 15.2. The van der Waals surface area contributed by atoms with Crippen LogP contribution >= 0.6 is 0 Å². The SMILES string of the molecule is C=CCNC(=O)Cc1c2c(cc3c1OCC3)OCC2. The van der Waals surface area contributed by atoms with Crippen molar-refractivity contribution in [3.8, 4) is 11.5 Å². The Labute approximate surface area is 112 Å². The lowest BCUT2D eigenvalue weighted by Gasteiger charge is -2.12. The standard InChI is InChI=1S/C15H17NO3/c1-2-5-16-14(17)9-12-11-4-7-18-13(11)8-10-3-6-19-15(10)12/h2,8H,1,3-7,9H2,(H,16,17). The molecule has 2 heterocycles. The molecule has 0 bridgehead atoms. The zero-order valence-electron chi connectivity index (χ0n) is 10.8. The zero-order chi connectivity index (χ0) is 13.2. The number of hydrogen-bond acceptors (Lipinski definition) is 3. The van der Waals surface area contributed by atoms with Gasteiger partial charge in [0.2, 0.25) is 5.91 Å². The van der Waals surface area contributed by atoms with E-state index in [-0.39, 0.29) is 5.91 Å². The highest BCUT2D eigenvalue weighted by Crippen LogP contribution is 2.40. The van der Waals surface area contributed by atoms with E-state index in [9.17, 15) is 4.79 Å². The number of nitrogens with one attached hydrogen (secondary N) is 1. The summed E-state index contributed by atoms with van der Waals surface area (Å²) in [6.45, 7) is 5.48. The van der Waals surface area contributed by atoms with Gasteiger partial charge in [-0.25, -0.2) is 0 Å². The summed E-state index contributed by atoms with van der Waals surface area (Å²) >= 11 is 0. The van der Waals surface area contributed by atoms with Crippen molar-refractivity contribution < 1.29 is 14.3 Å². The number of benzene rings is 1. The van der Waals surface area contributed by atoms with E-state index in [2.05, 4.69) is 18.0 Å². The number of ether oxygens (including phenoxy) is 2. The van der Waals surface area contributed by atoms with Crippen LogP contribution in [0.1, 0.15) is 16.7 Å². The fourth-order valence-electron chi connectivity index (χ4n) is 2.68. The largest absolute Gasteiger partial charge is 0.493 e. The molecule has 0 aliphatic carbocycles. The van der Waals surface area contributed by atoms with Crippen LogP contribution in [0.15, 0.2) is 18.7 Å². The van der Waals surface area contributed by atoms with Crippen molar-refractivity contribution in [1.29, 1.82) is 0 Å². The van der Waals surface area contributed by atoms with E-state index in [0.29, 0.717) is 26.2 Å². The molecule has 4 nitrogen and oxygen atoms in total. The van der Waals surface area contributed by atoms with E-state index in [4.69, 9.17) is 9.47 Å². The highest BCUT2D eigenvalue weighted by molar-refractivity contribution is 5.81. The maximum atomic E-state index is 11.9. The number of hydrogen-bond donors (Lipinski definition) is 1. The smallest absolute Gasteiger partial charge is 0.224 e. The molecule has 0 radical (unpaired) electrons. The molecule has 0 saturated heterocycles. The molecule has 0 spiro atoms. The van der Waals surface area contributed by atoms with Crippen molar-refractivity contribution in [2.75, 3.05) is 19.8 Å². The average Bonchev–Trinajstić information content (AvgIpc) is 3.04. The van der Waals surface area contributed by atoms with Crippen molar-refractivity contribution in [2.24, 2.45) is 0 Å². The summed E-state index contributed by atoms with van der Waals surface area (Å²) in [6.07, 6.45) is 3.78. The second-order valence-electron chi connectivity index (χ2n) is 4.79. The van der Waals surface area contributed by atoms with E-state index in [1.807, 2.05) is 0 Å². The molecule has 0 atom stereocenters. The van der Waals surface area contributed by atoms with Crippen LogP contribution in [0.25, 0.3) is 0 Å². The van der Waals surface area contributed by atoms with E-state index in [1.165, 1.54) is 0 Å². The van der Waals surface area contributed by atoms with Gasteiger partial charge in [-0.15, -0.1) is 6.58 Å². The highest BCUT2D eigenvalue weighted by Gasteiger charge is 2.27. The monoisotopic (exact) mass is 259 g/mol. The number of amides is 1. The first-order chi connectivity index (χ1) is 9.29. The molecule has 0 saturated carbocycles. The Balaban J connectivity index is 1.91. The van der Waals surface area contributed by atoms with Gasteiger partial charge in [0.05, 0.1) is 19.6 Å². The second kappa shape index (κ2) is 4.96. The van der Waals surface area contributed by atoms with Crippen LogP contribution in [0.3, 0.4) is 0 Å². The van der Waals surface area contributed by atoms with Gasteiger partial charge < -0.3 is 14.8 Å². The van der Waals surface area contributed by atoms with Gasteiger partial charge in [-0.05, 0) is 6.07 Å². The van der Waals surface area contributed by atoms with Crippen LogP contribution in [0.5, 0.6) is 11.5 Å². The molecule has 0 fully saturated rings. The molecule has 19 heavy (non-hydrogen) atoms. The quantitative estimate of drug-likeness (QED) is 0.831. The van der Waals surface area contributed by atoms with Crippen LogP contribution in [-0.4, -0.2) is 25.7 Å². The van der Waals surface area contributed by atoms with E-state index >= 15 is 0 Å². The maximum absolute atomic E-state index is 11.9. The summed E-state index contributed by atoms with van der Waals surface area (Å²) in [5.41, 5.74) is 3.30. The van der Waals surface area contributed by atoms with Gasteiger partial charge in [-0.1, -0.05) is 6.08 Å². The van der Waals surface area contributed by atoms with Gasteiger partial charge >= 0.3 is 0 Å². The van der Waals surface area contributed by atoms with Gasteiger partial charge in [-0.2, -0.15) is 0 Å². The fraction of sp³-hybridized carbons (Fsp3) is 0.400. The third-order valence-corrected chi connectivity index (χ3v) is 3.54. The molecule has 2 aliphatic rings. The minimum absolute atomic E-state index is 0.00194. The van der Waals surface area contributed by atoms with Gasteiger partial charge in [0.1, 0.15) is 11.5 Å². The number of carbonyl (C=O) groups excluding carboxylic acids is 1. The number of rotatable bonds is 4. The third-order valence-electron chi connectivity index (χ3n) is 3.54. The van der Waals surface area contributed by atoms with Crippen molar-refractivity contribution in [1.82, 2.24) is 5.32 Å². The first-order valence-corrected chi connectivity index (χ1v) is 6.60. The van der Waals surface area contributed by atoms with Crippen molar-refractivity contribution in [3.63, 3.8) is 0 Å². The first-order valence-electron chi connectivity index (χ1n) is 6.60. The summed E-state index contributed by atoms with van der Waals surface area (Å²) in [5.74, 6) is 1.83. The zero-order valence-corrected chi connectivity index (χ0v) is 10.8. The summed E-state index contributed by atoms with van der Waals surface area (Å²) in [4.78, 5) is 11.9. The molecule has 100 valence electrons. The highest BCUT2D eigenvalue weighted by atomic mass is 16.5. The summed E-state index contributed by atoms with van der Waals surface area (Å²) in [6, 6.07) is 2.07. The van der Waals surface area contributed by atoms with Gasteiger partial charge in [0, 0.05) is 36.1 Å². The van der Waals surface area contributed by atoms with Crippen molar-refractivity contribution in [2.45, 2.75) is 19.3 Å². The summed E-state index contributed by atoms with van der Waals surface area (Å²) < 4.78 is 11.3. The molecule has 0 unspecified atom stereocenters. The number of fused-ring (bicyclic) bond motifs is 2. The molecule has 0 aromatic heterocycles. The Hall–Kier alpha value is -1.97. The van der Waals surface area contributed by atoms with Crippen LogP contribution in [0.2, 0.25) is 0 Å².